The summed E-state index contributed by atoms with van der Waals surface area (Å²) in [5, 5.41) is 18.2. The molecule has 0 spiro atoms. The Labute approximate surface area is 107 Å². The number of rotatable bonds is 4. The van der Waals surface area contributed by atoms with Crippen molar-refractivity contribution in [2.75, 3.05) is 0 Å². The molecule has 0 bridgehead atoms. The third-order valence-electron chi connectivity index (χ3n) is 2.64. The van der Waals surface area contributed by atoms with Crippen LogP contribution in [0.15, 0.2) is 48.5 Å². The van der Waals surface area contributed by atoms with E-state index in [0.29, 0.717) is 12.1 Å². The molecule has 0 aliphatic heterocycles. The molecule has 0 aliphatic carbocycles. The molecule has 92 valence electrons. The standard InChI is InChI=1S/C14H15BO3/c1-11-4-2-7-14(8-11)18-10-12-5-3-6-13(9-12)15(16)17/h2-9,16-17H,10H2,1H3. The van der Waals surface area contributed by atoms with Crippen molar-refractivity contribution < 1.29 is 14.8 Å². The lowest BCUT2D eigenvalue weighted by Crippen LogP contribution is -2.29. The summed E-state index contributed by atoms with van der Waals surface area (Å²) in [6.45, 7) is 2.42. The van der Waals surface area contributed by atoms with Crippen LogP contribution in [0.2, 0.25) is 0 Å². The first-order valence-electron chi connectivity index (χ1n) is 5.79. The Bertz CT molecular complexity index is 526. The largest absolute Gasteiger partial charge is 0.489 e. The molecule has 2 rings (SSSR count). The van der Waals surface area contributed by atoms with Gasteiger partial charge in [0, 0.05) is 0 Å². The molecular weight excluding hydrogens is 227 g/mol. The van der Waals surface area contributed by atoms with E-state index in [0.717, 1.165) is 16.9 Å². The van der Waals surface area contributed by atoms with Crippen molar-refractivity contribution in [1.29, 1.82) is 0 Å². The second-order valence-corrected chi connectivity index (χ2v) is 4.22. The van der Waals surface area contributed by atoms with E-state index in [4.69, 9.17) is 14.8 Å². The molecule has 2 aromatic rings. The fourth-order valence-corrected chi connectivity index (χ4v) is 1.72. The second-order valence-electron chi connectivity index (χ2n) is 4.22. The minimum atomic E-state index is -1.44. The van der Waals surface area contributed by atoms with E-state index in [1.807, 2.05) is 37.3 Å². The molecule has 0 aliphatic rings. The maximum absolute atomic E-state index is 9.08. The van der Waals surface area contributed by atoms with Crippen LogP contribution in [-0.2, 0) is 6.61 Å². The SMILES string of the molecule is Cc1cccc(OCc2cccc(B(O)O)c2)c1. The number of aryl methyl sites for hydroxylation is 1. The molecule has 0 fully saturated rings. The van der Waals surface area contributed by atoms with Crippen molar-refractivity contribution in [3.05, 3.63) is 59.7 Å². The molecule has 2 N–H and O–H groups in total. The lowest BCUT2D eigenvalue weighted by molar-refractivity contribution is 0.306. The summed E-state index contributed by atoms with van der Waals surface area (Å²) in [5.74, 6) is 0.810. The van der Waals surface area contributed by atoms with Crippen LogP contribution in [0.1, 0.15) is 11.1 Å². The van der Waals surface area contributed by atoms with Gasteiger partial charge in [-0.25, -0.2) is 0 Å². The lowest BCUT2D eigenvalue weighted by Gasteiger charge is -2.08. The molecule has 0 saturated heterocycles. The summed E-state index contributed by atoms with van der Waals surface area (Å²) < 4.78 is 5.64. The Hall–Kier alpha value is -1.78. The van der Waals surface area contributed by atoms with E-state index in [9.17, 15) is 0 Å². The minimum Gasteiger partial charge on any atom is -0.489 e. The van der Waals surface area contributed by atoms with Crippen LogP contribution in [0, 0.1) is 6.92 Å². The molecule has 18 heavy (non-hydrogen) atoms. The fourth-order valence-electron chi connectivity index (χ4n) is 1.72. The van der Waals surface area contributed by atoms with Gasteiger partial charge in [0.1, 0.15) is 12.4 Å². The smallest absolute Gasteiger partial charge is 0.488 e. The van der Waals surface area contributed by atoms with Crippen molar-refractivity contribution in [3.8, 4) is 5.75 Å². The van der Waals surface area contributed by atoms with Crippen molar-refractivity contribution in [3.63, 3.8) is 0 Å². The van der Waals surface area contributed by atoms with Crippen LogP contribution in [0.5, 0.6) is 5.75 Å². The van der Waals surface area contributed by atoms with Crippen LogP contribution in [-0.4, -0.2) is 17.2 Å². The highest BCUT2D eigenvalue weighted by molar-refractivity contribution is 6.58. The van der Waals surface area contributed by atoms with Crippen molar-refractivity contribution >= 4 is 12.6 Å². The van der Waals surface area contributed by atoms with E-state index in [-0.39, 0.29) is 0 Å². The van der Waals surface area contributed by atoms with E-state index in [1.54, 1.807) is 18.2 Å². The van der Waals surface area contributed by atoms with Gasteiger partial charge in [-0.1, -0.05) is 36.4 Å². The Kier molecular flexibility index (Phi) is 4.02. The number of benzene rings is 2. The predicted octanol–water partition coefficient (Wildman–Crippen LogP) is 1.25. The van der Waals surface area contributed by atoms with E-state index in [2.05, 4.69) is 0 Å². The molecule has 0 aromatic heterocycles. The summed E-state index contributed by atoms with van der Waals surface area (Å²) in [6.07, 6.45) is 0. The van der Waals surface area contributed by atoms with E-state index < -0.39 is 7.12 Å². The van der Waals surface area contributed by atoms with Crippen LogP contribution >= 0.6 is 0 Å². The molecule has 2 aromatic carbocycles. The average molecular weight is 242 g/mol. The summed E-state index contributed by atoms with van der Waals surface area (Å²) >= 11 is 0. The third-order valence-corrected chi connectivity index (χ3v) is 2.64. The lowest BCUT2D eigenvalue weighted by atomic mass is 9.80. The first kappa shape index (κ1) is 12.7. The highest BCUT2D eigenvalue weighted by Gasteiger charge is 2.10. The predicted molar refractivity (Wildman–Crippen MR) is 71.8 cm³/mol. The molecule has 0 radical (unpaired) electrons. The number of hydrogen-bond donors (Lipinski definition) is 2. The van der Waals surface area contributed by atoms with Gasteiger partial charge in [-0.15, -0.1) is 0 Å². The third kappa shape index (κ3) is 3.36. The minimum absolute atomic E-state index is 0.407. The Morgan fingerprint density at radius 1 is 1.06 bits per heavy atom. The number of hydrogen-bond acceptors (Lipinski definition) is 3. The quantitative estimate of drug-likeness (QED) is 0.793. The molecule has 0 unspecified atom stereocenters. The summed E-state index contributed by atoms with van der Waals surface area (Å²) in [5.41, 5.74) is 2.52. The van der Waals surface area contributed by atoms with Gasteiger partial charge in [0.15, 0.2) is 0 Å². The van der Waals surface area contributed by atoms with Gasteiger partial charge in [-0.2, -0.15) is 0 Å². The van der Waals surface area contributed by atoms with Gasteiger partial charge in [0.25, 0.3) is 0 Å². The van der Waals surface area contributed by atoms with Crippen molar-refractivity contribution in [2.45, 2.75) is 13.5 Å². The van der Waals surface area contributed by atoms with Gasteiger partial charge in [0.05, 0.1) is 0 Å². The average Bonchev–Trinajstić information content (AvgIpc) is 2.37. The molecule has 0 saturated carbocycles. The van der Waals surface area contributed by atoms with Crippen LogP contribution in [0.4, 0.5) is 0 Å². The summed E-state index contributed by atoms with van der Waals surface area (Å²) in [6, 6.07) is 14.9. The Balaban J connectivity index is 2.04. The molecule has 4 heteroatoms. The highest BCUT2D eigenvalue weighted by Crippen LogP contribution is 2.14. The van der Waals surface area contributed by atoms with Gasteiger partial charge >= 0.3 is 7.12 Å². The molecular formula is C14H15BO3. The zero-order valence-corrected chi connectivity index (χ0v) is 10.2. The number of ether oxygens (including phenoxy) is 1. The summed E-state index contributed by atoms with van der Waals surface area (Å²) in [4.78, 5) is 0. The normalized spacial score (nSPS) is 10.2. The topological polar surface area (TPSA) is 49.7 Å². The molecule has 3 nitrogen and oxygen atoms in total. The Morgan fingerprint density at radius 3 is 2.56 bits per heavy atom. The maximum Gasteiger partial charge on any atom is 0.488 e. The molecule has 0 atom stereocenters. The van der Waals surface area contributed by atoms with Crippen LogP contribution in [0.25, 0.3) is 0 Å². The van der Waals surface area contributed by atoms with Gasteiger partial charge in [0.2, 0.25) is 0 Å². The molecule has 0 amide bonds. The first-order valence-corrected chi connectivity index (χ1v) is 5.79. The maximum atomic E-state index is 9.08. The van der Waals surface area contributed by atoms with Crippen molar-refractivity contribution in [2.24, 2.45) is 0 Å². The first-order chi connectivity index (χ1) is 8.65. The fraction of sp³-hybridized carbons (Fsp3) is 0.143. The van der Waals surface area contributed by atoms with Gasteiger partial charge in [-0.05, 0) is 35.6 Å². The van der Waals surface area contributed by atoms with Crippen molar-refractivity contribution in [1.82, 2.24) is 0 Å². The van der Waals surface area contributed by atoms with Crippen LogP contribution in [0.3, 0.4) is 0 Å². The second kappa shape index (κ2) is 5.71. The zero-order chi connectivity index (χ0) is 13.0. The molecule has 0 heterocycles. The zero-order valence-electron chi connectivity index (χ0n) is 10.2. The van der Waals surface area contributed by atoms with E-state index in [1.165, 1.54) is 0 Å². The van der Waals surface area contributed by atoms with E-state index >= 15 is 0 Å². The summed E-state index contributed by atoms with van der Waals surface area (Å²) in [7, 11) is -1.44. The highest BCUT2D eigenvalue weighted by atomic mass is 16.5. The van der Waals surface area contributed by atoms with Crippen LogP contribution < -0.4 is 10.2 Å². The monoisotopic (exact) mass is 242 g/mol. The Morgan fingerprint density at radius 2 is 1.83 bits per heavy atom. The van der Waals surface area contributed by atoms with Gasteiger partial charge < -0.3 is 14.8 Å². The van der Waals surface area contributed by atoms with Gasteiger partial charge in [-0.3, -0.25) is 0 Å².